The number of aliphatic hydroxyl groups is 1. The Kier molecular flexibility index (Phi) is 9.17. The molecule has 0 aliphatic rings. The summed E-state index contributed by atoms with van der Waals surface area (Å²) in [4.78, 5) is 16.6. The van der Waals surface area contributed by atoms with Crippen LogP contribution < -0.4 is 10.0 Å². The van der Waals surface area contributed by atoms with Crippen molar-refractivity contribution in [1.82, 2.24) is 15.0 Å². The molecule has 1 aromatic heterocycles. The molecule has 0 bridgehead atoms. The smallest absolute Gasteiger partial charge is 0.404 e. The first-order valence-electron chi connectivity index (χ1n) is 10.8. The van der Waals surface area contributed by atoms with E-state index in [1.54, 1.807) is 11.7 Å². The number of carbonyl (C=O) groups is 1. The lowest BCUT2D eigenvalue weighted by Crippen LogP contribution is -2.54. The number of sulfonamides is 1. The fourth-order valence-corrected chi connectivity index (χ4v) is 5.56. The van der Waals surface area contributed by atoms with Crippen molar-refractivity contribution < 1.29 is 23.4 Å². The number of thiazole rings is 1. The van der Waals surface area contributed by atoms with Crippen molar-refractivity contribution in [2.75, 3.05) is 6.26 Å². The standard InChI is InChI=1S/C24H29N3O5S2/c1-34(31,32)27-21(12-17-8-4-2-5-9-17)20(14-19-15-25-16-33-19)23(28)22(26-24(29)30)13-18-10-6-3-7-11-18/h2-11,15-16,20-23,26-28H,12-14H2,1H3,(H,29,30). The number of aliphatic hydroxyl groups excluding tert-OH is 1. The summed E-state index contributed by atoms with van der Waals surface area (Å²) in [6, 6.07) is 17.1. The number of aromatic nitrogens is 1. The highest BCUT2D eigenvalue weighted by atomic mass is 32.2. The van der Waals surface area contributed by atoms with Gasteiger partial charge in [-0.3, -0.25) is 4.98 Å². The van der Waals surface area contributed by atoms with Crippen LogP contribution in [0.15, 0.2) is 72.4 Å². The van der Waals surface area contributed by atoms with Crippen molar-refractivity contribution in [3.8, 4) is 0 Å². The van der Waals surface area contributed by atoms with E-state index in [0.29, 0.717) is 12.8 Å². The van der Waals surface area contributed by atoms with Gasteiger partial charge in [-0.05, 0) is 30.4 Å². The molecule has 4 atom stereocenters. The molecule has 0 fully saturated rings. The zero-order valence-corrected chi connectivity index (χ0v) is 20.4. The summed E-state index contributed by atoms with van der Waals surface area (Å²) < 4.78 is 27.3. The van der Waals surface area contributed by atoms with Crippen LogP contribution in [0.3, 0.4) is 0 Å². The highest BCUT2D eigenvalue weighted by Crippen LogP contribution is 2.25. The molecule has 1 amide bonds. The van der Waals surface area contributed by atoms with Gasteiger partial charge >= 0.3 is 6.09 Å². The molecule has 0 aliphatic heterocycles. The Morgan fingerprint density at radius 1 is 0.971 bits per heavy atom. The van der Waals surface area contributed by atoms with Gasteiger partial charge in [-0.1, -0.05) is 60.7 Å². The number of nitrogens with zero attached hydrogens (tertiary/aromatic N) is 1. The van der Waals surface area contributed by atoms with Gasteiger partial charge in [-0.25, -0.2) is 17.9 Å². The van der Waals surface area contributed by atoms with Crippen LogP contribution >= 0.6 is 11.3 Å². The Morgan fingerprint density at radius 3 is 2.00 bits per heavy atom. The average molecular weight is 504 g/mol. The third kappa shape index (κ3) is 8.21. The molecule has 34 heavy (non-hydrogen) atoms. The van der Waals surface area contributed by atoms with E-state index in [2.05, 4.69) is 15.0 Å². The Hall–Kier alpha value is -2.79. The lowest BCUT2D eigenvalue weighted by molar-refractivity contribution is 0.0528. The first-order chi connectivity index (χ1) is 16.2. The zero-order chi connectivity index (χ0) is 24.6. The summed E-state index contributed by atoms with van der Waals surface area (Å²) in [7, 11) is -3.62. The Bertz CT molecular complexity index is 1130. The van der Waals surface area contributed by atoms with Crippen LogP contribution in [-0.4, -0.2) is 54.2 Å². The van der Waals surface area contributed by atoms with Gasteiger partial charge in [0.15, 0.2) is 0 Å². The third-order valence-electron chi connectivity index (χ3n) is 5.56. The minimum Gasteiger partial charge on any atom is -0.465 e. The zero-order valence-electron chi connectivity index (χ0n) is 18.7. The van der Waals surface area contributed by atoms with Crippen LogP contribution in [0.2, 0.25) is 0 Å². The van der Waals surface area contributed by atoms with Gasteiger partial charge in [0, 0.05) is 23.0 Å². The molecule has 0 aliphatic carbocycles. The summed E-state index contributed by atoms with van der Waals surface area (Å²) >= 11 is 1.40. The largest absolute Gasteiger partial charge is 0.465 e. The highest BCUT2D eigenvalue weighted by Gasteiger charge is 2.36. The predicted octanol–water partition coefficient (Wildman–Crippen LogP) is 2.70. The molecule has 0 saturated carbocycles. The van der Waals surface area contributed by atoms with E-state index in [4.69, 9.17) is 0 Å². The Balaban J connectivity index is 1.97. The van der Waals surface area contributed by atoms with Gasteiger partial charge in [0.2, 0.25) is 10.0 Å². The van der Waals surface area contributed by atoms with Crippen LogP contribution in [0.25, 0.3) is 0 Å². The number of nitrogens with one attached hydrogen (secondary N) is 2. The van der Waals surface area contributed by atoms with Crippen molar-refractivity contribution >= 4 is 27.5 Å². The summed E-state index contributed by atoms with van der Waals surface area (Å²) in [6.07, 6.45) is 1.25. The van der Waals surface area contributed by atoms with Crippen molar-refractivity contribution in [2.24, 2.45) is 5.92 Å². The van der Waals surface area contributed by atoms with Gasteiger partial charge < -0.3 is 15.5 Å². The maximum Gasteiger partial charge on any atom is 0.404 e. The first kappa shape index (κ1) is 25.8. The first-order valence-corrected chi connectivity index (χ1v) is 13.6. The topological polar surface area (TPSA) is 129 Å². The van der Waals surface area contributed by atoms with Crippen LogP contribution in [0.1, 0.15) is 16.0 Å². The van der Waals surface area contributed by atoms with E-state index < -0.39 is 40.2 Å². The molecule has 3 rings (SSSR count). The molecule has 182 valence electrons. The number of benzene rings is 2. The van der Waals surface area contributed by atoms with Crippen molar-refractivity contribution in [3.63, 3.8) is 0 Å². The minimum absolute atomic E-state index is 0.254. The molecule has 3 aromatic rings. The summed E-state index contributed by atoms with van der Waals surface area (Å²) in [5, 5.41) is 23.5. The second kappa shape index (κ2) is 12.1. The third-order valence-corrected chi connectivity index (χ3v) is 7.09. The molecular weight excluding hydrogens is 474 g/mol. The maximum atomic E-state index is 12.3. The molecule has 0 radical (unpaired) electrons. The second-order valence-electron chi connectivity index (χ2n) is 8.26. The molecule has 2 aromatic carbocycles. The SMILES string of the molecule is CS(=O)(=O)NC(Cc1ccccc1)C(Cc1cncs1)C(O)C(Cc1ccccc1)NC(=O)O. The number of rotatable bonds is 12. The summed E-state index contributed by atoms with van der Waals surface area (Å²) in [6.45, 7) is 0. The monoisotopic (exact) mass is 503 g/mol. The average Bonchev–Trinajstić information content (AvgIpc) is 3.30. The van der Waals surface area contributed by atoms with Gasteiger partial charge in [0.25, 0.3) is 0 Å². The Labute approximate surface area is 203 Å². The molecular formula is C24H29N3O5S2. The number of hydrogen-bond acceptors (Lipinski definition) is 6. The van der Waals surface area contributed by atoms with Gasteiger partial charge in [0.1, 0.15) is 0 Å². The lowest BCUT2D eigenvalue weighted by atomic mass is 9.82. The van der Waals surface area contributed by atoms with Crippen molar-refractivity contribution in [2.45, 2.75) is 37.5 Å². The van der Waals surface area contributed by atoms with Crippen molar-refractivity contribution in [1.29, 1.82) is 0 Å². The summed E-state index contributed by atoms with van der Waals surface area (Å²) in [5.41, 5.74) is 3.43. The summed E-state index contributed by atoms with van der Waals surface area (Å²) in [5.74, 6) is -0.629. The molecule has 10 heteroatoms. The van der Waals surface area contributed by atoms with Gasteiger partial charge in [-0.15, -0.1) is 11.3 Å². The molecule has 4 N–H and O–H groups in total. The number of amides is 1. The lowest BCUT2D eigenvalue weighted by Gasteiger charge is -2.35. The fourth-order valence-electron chi connectivity index (χ4n) is 4.08. The van der Waals surface area contributed by atoms with Crippen LogP contribution in [0.5, 0.6) is 0 Å². The van der Waals surface area contributed by atoms with Gasteiger partial charge in [-0.2, -0.15) is 0 Å². The van der Waals surface area contributed by atoms with E-state index in [1.165, 1.54) is 11.3 Å². The van der Waals surface area contributed by atoms with E-state index >= 15 is 0 Å². The van der Waals surface area contributed by atoms with Gasteiger partial charge in [0.05, 0.1) is 23.9 Å². The highest BCUT2D eigenvalue weighted by molar-refractivity contribution is 7.88. The Morgan fingerprint density at radius 2 is 1.53 bits per heavy atom. The molecule has 0 saturated heterocycles. The van der Waals surface area contributed by atoms with E-state index in [1.807, 2.05) is 60.7 Å². The number of carboxylic acid groups (broad SMARTS) is 1. The number of hydrogen-bond donors (Lipinski definition) is 4. The van der Waals surface area contributed by atoms with Crippen molar-refractivity contribution in [3.05, 3.63) is 88.4 Å². The fraction of sp³-hybridized carbons (Fsp3) is 0.333. The van der Waals surface area contributed by atoms with E-state index in [-0.39, 0.29) is 6.42 Å². The van der Waals surface area contributed by atoms with Crippen LogP contribution in [-0.2, 0) is 29.3 Å². The second-order valence-corrected chi connectivity index (χ2v) is 11.0. The molecule has 8 nitrogen and oxygen atoms in total. The van der Waals surface area contributed by atoms with E-state index in [0.717, 1.165) is 22.3 Å². The van der Waals surface area contributed by atoms with Crippen LogP contribution in [0.4, 0.5) is 4.79 Å². The van der Waals surface area contributed by atoms with Crippen LogP contribution in [0, 0.1) is 5.92 Å². The van der Waals surface area contributed by atoms with E-state index in [9.17, 15) is 23.4 Å². The molecule has 1 heterocycles. The minimum atomic E-state index is -3.62. The quantitative estimate of drug-likeness (QED) is 0.301. The maximum absolute atomic E-state index is 12.3. The predicted molar refractivity (Wildman–Crippen MR) is 132 cm³/mol. The molecule has 0 spiro atoms. The normalized spacial score (nSPS) is 15.2. The molecule has 4 unspecified atom stereocenters.